The van der Waals surface area contributed by atoms with Gasteiger partial charge in [0.05, 0.1) is 25.2 Å². The van der Waals surface area contributed by atoms with Crippen molar-refractivity contribution in [3.05, 3.63) is 0 Å². The SMILES string of the molecule is CCOC(=O)C[C@H](O[C@@H](C)CCO)C(CC)CC. The van der Waals surface area contributed by atoms with Gasteiger partial charge in [0.1, 0.15) is 0 Å². The summed E-state index contributed by atoms with van der Waals surface area (Å²) < 4.78 is 10.9. The Bertz CT molecular complexity index is 214. The maximum Gasteiger partial charge on any atom is 0.308 e. The van der Waals surface area contributed by atoms with Gasteiger partial charge in [0, 0.05) is 6.61 Å². The second-order valence-electron chi connectivity index (χ2n) is 4.58. The van der Waals surface area contributed by atoms with Gasteiger partial charge in [-0.1, -0.05) is 26.7 Å². The van der Waals surface area contributed by atoms with E-state index in [4.69, 9.17) is 14.6 Å². The van der Waals surface area contributed by atoms with E-state index in [1.807, 2.05) is 6.92 Å². The van der Waals surface area contributed by atoms with Gasteiger partial charge in [0.15, 0.2) is 0 Å². The maximum atomic E-state index is 11.6. The molecule has 0 aliphatic heterocycles. The molecule has 0 amide bonds. The van der Waals surface area contributed by atoms with Gasteiger partial charge in [0.25, 0.3) is 0 Å². The van der Waals surface area contributed by atoms with Crippen LogP contribution in [-0.2, 0) is 14.3 Å². The fourth-order valence-corrected chi connectivity index (χ4v) is 2.07. The number of hydrogen-bond acceptors (Lipinski definition) is 4. The zero-order valence-electron chi connectivity index (χ0n) is 12.1. The van der Waals surface area contributed by atoms with Crippen molar-refractivity contribution in [3.63, 3.8) is 0 Å². The maximum absolute atomic E-state index is 11.6. The van der Waals surface area contributed by atoms with Crippen molar-refractivity contribution in [2.75, 3.05) is 13.2 Å². The molecule has 0 saturated carbocycles. The summed E-state index contributed by atoms with van der Waals surface area (Å²) in [4.78, 5) is 11.6. The van der Waals surface area contributed by atoms with Crippen molar-refractivity contribution in [1.82, 2.24) is 0 Å². The van der Waals surface area contributed by atoms with Gasteiger partial charge < -0.3 is 14.6 Å². The smallest absolute Gasteiger partial charge is 0.308 e. The summed E-state index contributed by atoms with van der Waals surface area (Å²) in [6.07, 6.45) is 2.71. The quantitative estimate of drug-likeness (QED) is 0.613. The molecule has 0 unspecified atom stereocenters. The number of aliphatic hydroxyl groups is 1. The van der Waals surface area contributed by atoms with E-state index in [-0.39, 0.29) is 24.8 Å². The molecule has 1 N–H and O–H groups in total. The first-order valence-electron chi connectivity index (χ1n) is 7.00. The Kier molecular flexibility index (Phi) is 9.98. The van der Waals surface area contributed by atoms with Gasteiger partial charge in [-0.3, -0.25) is 4.79 Å². The lowest BCUT2D eigenvalue weighted by atomic mass is 9.94. The van der Waals surface area contributed by atoms with Crippen LogP contribution in [0, 0.1) is 5.92 Å². The monoisotopic (exact) mass is 260 g/mol. The molecule has 2 atom stereocenters. The molecule has 0 aliphatic rings. The summed E-state index contributed by atoms with van der Waals surface area (Å²) in [6, 6.07) is 0. The molecule has 0 saturated heterocycles. The highest BCUT2D eigenvalue weighted by Gasteiger charge is 2.24. The number of rotatable bonds is 10. The van der Waals surface area contributed by atoms with Crippen LogP contribution in [0.1, 0.15) is 53.4 Å². The molecule has 0 rings (SSSR count). The van der Waals surface area contributed by atoms with Gasteiger partial charge >= 0.3 is 5.97 Å². The lowest BCUT2D eigenvalue weighted by Crippen LogP contribution is -2.31. The highest BCUT2D eigenvalue weighted by Crippen LogP contribution is 2.22. The standard InChI is InChI=1S/C14H28O4/c1-5-12(6-2)13(10-14(16)17-7-3)18-11(4)8-9-15/h11-13,15H,5-10H2,1-4H3/t11-,13-/m0/s1. The van der Waals surface area contributed by atoms with E-state index in [0.29, 0.717) is 25.4 Å². The minimum atomic E-state index is -0.203. The first-order chi connectivity index (χ1) is 8.58. The Morgan fingerprint density at radius 2 is 1.83 bits per heavy atom. The Morgan fingerprint density at radius 1 is 1.22 bits per heavy atom. The number of aliphatic hydroxyl groups excluding tert-OH is 1. The Hall–Kier alpha value is -0.610. The van der Waals surface area contributed by atoms with E-state index < -0.39 is 0 Å². The summed E-state index contributed by atoms with van der Waals surface area (Å²) >= 11 is 0. The van der Waals surface area contributed by atoms with Crippen LogP contribution in [0.2, 0.25) is 0 Å². The average molecular weight is 260 g/mol. The van der Waals surface area contributed by atoms with Crippen LogP contribution in [0.4, 0.5) is 0 Å². The van der Waals surface area contributed by atoms with E-state index in [9.17, 15) is 4.79 Å². The third kappa shape index (κ3) is 6.97. The highest BCUT2D eigenvalue weighted by molar-refractivity contribution is 5.69. The van der Waals surface area contributed by atoms with Crippen LogP contribution in [0.3, 0.4) is 0 Å². The van der Waals surface area contributed by atoms with Crippen molar-refractivity contribution < 1.29 is 19.4 Å². The number of hydrogen-bond donors (Lipinski definition) is 1. The van der Waals surface area contributed by atoms with Gasteiger partial charge in [-0.05, 0) is 26.2 Å². The van der Waals surface area contributed by atoms with Crippen molar-refractivity contribution in [2.45, 2.75) is 65.6 Å². The van der Waals surface area contributed by atoms with E-state index in [1.165, 1.54) is 0 Å². The molecule has 108 valence electrons. The normalized spacial score (nSPS) is 14.6. The zero-order chi connectivity index (χ0) is 14.0. The lowest BCUT2D eigenvalue weighted by molar-refractivity contribution is -0.149. The number of carbonyl (C=O) groups excluding carboxylic acids is 1. The zero-order valence-corrected chi connectivity index (χ0v) is 12.1. The van der Waals surface area contributed by atoms with Gasteiger partial charge in [-0.15, -0.1) is 0 Å². The molecule has 0 spiro atoms. The fraction of sp³-hybridized carbons (Fsp3) is 0.929. The molecule has 0 aliphatic carbocycles. The molecule has 0 heterocycles. The van der Waals surface area contributed by atoms with Crippen LogP contribution in [0.25, 0.3) is 0 Å². The molecule has 0 fully saturated rings. The molecule has 0 aromatic heterocycles. The summed E-state index contributed by atoms with van der Waals surface area (Å²) in [5.41, 5.74) is 0. The molecular formula is C14H28O4. The number of carbonyl (C=O) groups is 1. The van der Waals surface area contributed by atoms with Crippen LogP contribution < -0.4 is 0 Å². The molecule has 0 bridgehead atoms. The molecule has 4 heteroatoms. The minimum Gasteiger partial charge on any atom is -0.466 e. The Morgan fingerprint density at radius 3 is 2.28 bits per heavy atom. The summed E-state index contributed by atoms with van der Waals surface area (Å²) in [6.45, 7) is 8.45. The van der Waals surface area contributed by atoms with Gasteiger partial charge in [-0.2, -0.15) is 0 Å². The van der Waals surface area contributed by atoms with Gasteiger partial charge in [-0.25, -0.2) is 0 Å². The van der Waals surface area contributed by atoms with Crippen molar-refractivity contribution in [1.29, 1.82) is 0 Å². The Labute approximate surface area is 111 Å². The molecule has 0 aromatic carbocycles. The molecular weight excluding hydrogens is 232 g/mol. The topological polar surface area (TPSA) is 55.8 Å². The minimum absolute atomic E-state index is 0.0324. The van der Waals surface area contributed by atoms with Crippen molar-refractivity contribution in [2.24, 2.45) is 5.92 Å². The molecule has 0 radical (unpaired) electrons. The van der Waals surface area contributed by atoms with E-state index in [1.54, 1.807) is 6.92 Å². The second-order valence-corrected chi connectivity index (χ2v) is 4.58. The van der Waals surface area contributed by atoms with E-state index in [2.05, 4.69) is 13.8 Å². The summed E-state index contributed by atoms with van der Waals surface area (Å²) in [5.74, 6) is 0.154. The Balaban J connectivity index is 4.45. The second kappa shape index (κ2) is 10.3. The number of esters is 1. The third-order valence-corrected chi connectivity index (χ3v) is 3.19. The van der Waals surface area contributed by atoms with E-state index >= 15 is 0 Å². The summed E-state index contributed by atoms with van der Waals surface area (Å²) in [5, 5.41) is 8.90. The third-order valence-electron chi connectivity index (χ3n) is 3.19. The largest absolute Gasteiger partial charge is 0.466 e. The highest BCUT2D eigenvalue weighted by atomic mass is 16.5. The van der Waals surface area contributed by atoms with Crippen LogP contribution in [-0.4, -0.2) is 36.5 Å². The molecule has 18 heavy (non-hydrogen) atoms. The lowest BCUT2D eigenvalue weighted by Gasteiger charge is -2.28. The predicted molar refractivity (Wildman–Crippen MR) is 71.4 cm³/mol. The fourth-order valence-electron chi connectivity index (χ4n) is 2.07. The first kappa shape index (κ1) is 17.4. The van der Waals surface area contributed by atoms with Crippen molar-refractivity contribution >= 4 is 5.97 Å². The van der Waals surface area contributed by atoms with Gasteiger partial charge in [0.2, 0.25) is 0 Å². The summed E-state index contributed by atoms with van der Waals surface area (Å²) in [7, 11) is 0. The molecule has 0 aromatic rings. The van der Waals surface area contributed by atoms with Crippen LogP contribution >= 0.6 is 0 Å². The predicted octanol–water partition coefficient (Wildman–Crippen LogP) is 2.53. The average Bonchev–Trinajstić information content (AvgIpc) is 2.30. The first-order valence-corrected chi connectivity index (χ1v) is 7.00. The molecule has 4 nitrogen and oxygen atoms in total. The van der Waals surface area contributed by atoms with Crippen LogP contribution in [0.5, 0.6) is 0 Å². The number of ether oxygens (including phenoxy) is 2. The van der Waals surface area contributed by atoms with E-state index in [0.717, 1.165) is 12.8 Å². The van der Waals surface area contributed by atoms with Crippen LogP contribution in [0.15, 0.2) is 0 Å². The van der Waals surface area contributed by atoms with Crippen molar-refractivity contribution in [3.8, 4) is 0 Å².